The summed E-state index contributed by atoms with van der Waals surface area (Å²) in [4.78, 5) is 11.1. The van der Waals surface area contributed by atoms with Crippen molar-refractivity contribution in [1.82, 2.24) is 9.97 Å². The number of benzene rings is 1. The largest absolute Gasteiger partial charge is 0.377 e. The number of methoxy groups -OCH3 is 1. The molecule has 0 atom stereocenters. The fraction of sp³-hybridized carbons (Fsp3) is 0.375. The minimum Gasteiger partial charge on any atom is -0.377 e. The van der Waals surface area contributed by atoms with E-state index in [1.54, 1.807) is 7.11 Å². The molecule has 112 valence electrons. The molecule has 0 radical (unpaired) electrons. The van der Waals surface area contributed by atoms with Gasteiger partial charge in [0.1, 0.15) is 18.2 Å². The van der Waals surface area contributed by atoms with Crippen LogP contribution in [0.5, 0.6) is 0 Å². The van der Waals surface area contributed by atoms with Gasteiger partial charge in [-0.05, 0) is 26.0 Å². The fourth-order valence-electron chi connectivity index (χ4n) is 2.14. The van der Waals surface area contributed by atoms with Gasteiger partial charge in [-0.1, -0.05) is 17.7 Å². The molecule has 0 spiro atoms. The zero-order chi connectivity index (χ0) is 15.2. The lowest BCUT2D eigenvalue weighted by Gasteiger charge is -2.23. The van der Waals surface area contributed by atoms with Gasteiger partial charge in [-0.25, -0.2) is 9.97 Å². The van der Waals surface area contributed by atoms with Gasteiger partial charge in [0.15, 0.2) is 5.82 Å². The summed E-state index contributed by atoms with van der Waals surface area (Å²) in [6.07, 6.45) is 0. The Kier molecular flexibility index (Phi) is 5.11. The predicted octanol–water partition coefficient (Wildman–Crippen LogP) is 3.13. The Morgan fingerprint density at radius 3 is 2.48 bits per heavy atom. The first-order valence-electron chi connectivity index (χ1n) is 7.06. The number of nitrogens with zero attached hydrogens (tertiary/aromatic N) is 3. The summed E-state index contributed by atoms with van der Waals surface area (Å²) in [7, 11) is 3.50. The standard InChI is InChI=1S/C16H22N4O/c1-5-20(13-8-6-12(2)7-9-13)16-10-14(17-3)18-15(19-16)11-21-4/h6-10H,5,11H2,1-4H3,(H,17,18,19). The van der Waals surface area contributed by atoms with Crippen LogP contribution in [-0.2, 0) is 11.3 Å². The van der Waals surface area contributed by atoms with E-state index in [1.807, 2.05) is 13.1 Å². The molecule has 21 heavy (non-hydrogen) atoms. The monoisotopic (exact) mass is 286 g/mol. The summed E-state index contributed by atoms with van der Waals surface area (Å²) in [6.45, 7) is 5.42. The lowest BCUT2D eigenvalue weighted by molar-refractivity contribution is 0.178. The SMILES string of the molecule is CCN(c1ccc(C)cc1)c1cc(NC)nc(COC)n1. The number of hydrogen-bond donors (Lipinski definition) is 1. The van der Waals surface area contributed by atoms with Gasteiger partial charge in [0.05, 0.1) is 0 Å². The summed E-state index contributed by atoms with van der Waals surface area (Å²) >= 11 is 0. The molecule has 0 fully saturated rings. The molecule has 2 rings (SSSR count). The third-order valence-corrected chi connectivity index (χ3v) is 3.23. The van der Waals surface area contributed by atoms with Crippen molar-refractivity contribution >= 4 is 17.3 Å². The Morgan fingerprint density at radius 2 is 1.90 bits per heavy atom. The van der Waals surface area contributed by atoms with Crippen LogP contribution in [0.15, 0.2) is 30.3 Å². The van der Waals surface area contributed by atoms with E-state index in [-0.39, 0.29) is 0 Å². The summed E-state index contributed by atoms with van der Waals surface area (Å²) in [6, 6.07) is 10.4. The Balaban J connectivity index is 2.40. The molecule has 0 amide bonds. The van der Waals surface area contributed by atoms with Gasteiger partial charge in [0.2, 0.25) is 0 Å². The van der Waals surface area contributed by atoms with Crippen LogP contribution >= 0.6 is 0 Å². The van der Waals surface area contributed by atoms with Gasteiger partial charge in [-0.2, -0.15) is 0 Å². The second-order valence-corrected chi connectivity index (χ2v) is 4.79. The number of aryl methyl sites for hydroxylation is 1. The van der Waals surface area contributed by atoms with E-state index >= 15 is 0 Å². The molecule has 5 nitrogen and oxygen atoms in total. The van der Waals surface area contributed by atoms with Crippen molar-refractivity contribution < 1.29 is 4.74 Å². The van der Waals surface area contributed by atoms with Crippen molar-refractivity contribution in [1.29, 1.82) is 0 Å². The number of aromatic nitrogens is 2. The Hall–Kier alpha value is -2.14. The topological polar surface area (TPSA) is 50.3 Å². The van der Waals surface area contributed by atoms with Crippen LogP contribution in [0.25, 0.3) is 0 Å². The molecule has 1 heterocycles. The highest BCUT2D eigenvalue weighted by Crippen LogP contribution is 2.25. The van der Waals surface area contributed by atoms with Crippen LogP contribution in [0.2, 0.25) is 0 Å². The molecule has 0 bridgehead atoms. The first-order chi connectivity index (χ1) is 10.2. The van der Waals surface area contributed by atoms with Gasteiger partial charge in [-0.3, -0.25) is 0 Å². The summed E-state index contributed by atoms with van der Waals surface area (Å²) < 4.78 is 5.15. The molecule has 0 aliphatic rings. The highest BCUT2D eigenvalue weighted by molar-refractivity contribution is 5.62. The van der Waals surface area contributed by atoms with Crippen LogP contribution in [-0.4, -0.2) is 30.7 Å². The molecule has 5 heteroatoms. The molecule has 0 aliphatic carbocycles. The van der Waals surface area contributed by atoms with Crippen LogP contribution < -0.4 is 10.2 Å². The predicted molar refractivity (Wildman–Crippen MR) is 86.2 cm³/mol. The van der Waals surface area contributed by atoms with Gasteiger partial charge >= 0.3 is 0 Å². The number of anilines is 3. The zero-order valence-corrected chi connectivity index (χ0v) is 13.1. The molecular weight excluding hydrogens is 264 g/mol. The molecule has 0 saturated carbocycles. The number of hydrogen-bond acceptors (Lipinski definition) is 5. The molecule has 0 unspecified atom stereocenters. The van der Waals surface area contributed by atoms with E-state index < -0.39 is 0 Å². The van der Waals surface area contributed by atoms with Crippen molar-refractivity contribution in [2.24, 2.45) is 0 Å². The summed E-state index contributed by atoms with van der Waals surface area (Å²) in [5.74, 6) is 2.33. The Labute approximate surface area is 126 Å². The van der Waals surface area contributed by atoms with Crippen LogP contribution in [0.4, 0.5) is 17.3 Å². The van der Waals surface area contributed by atoms with Gasteiger partial charge in [0, 0.05) is 32.5 Å². The highest BCUT2D eigenvalue weighted by atomic mass is 16.5. The Bertz CT molecular complexity index is 583. The number of rotatable bonds is 6. The molecule has 0 saturated heterocycles. The van der Waals surface area contributed by atoms with Crippen LogP contribution in [0.3, 0.4) is 0 Å². The normalized spacial score (nSPS) is 10.5. The molecule has 1 aromatic heterocycles. The molecule has 0 aliphatic heterocycles. The first kappa shape index (κ1) is 15.3. The van der Waals surface area contributed by atoms with E-state index in [2.05, 4.69) is 58.3 Å². The number of nitrogens with one attached hydrogen (secondary N) is 1. The smallest absolute Gasteiger partial charge is 0.158 e. The molecular formula is C16H22N4O. The first-order valence-corrected chi connectivity index (χ1v) is 7.06. The maximum atomic E-state index is 5.15. The average molecular weight is 286 g/mol. The van der Waals surface area contributed by atoms with Gasteiger partial charge < -0.3 is 15.0 Å². The highest BCUT2D eigenvalue weighted by Gasteiger charge is 2.12. The number of ether oxygens (including phenoxy) is 1. The molecule has 1 aromatic carbocycles. The summed E-state index contributed by atoms with van der Waals surface area (Å²) in [5, 5.41) is 3.07. The van der Waals surface area contributed by atoms with Crippen molar-refractivity contribution in [2.75, 3.05) is 30.9 Å². The van der Waals surface area contributed by atoms with E-state index in [0.29, 0.717) is 12.4 Å². The quantitative estimate of drug-likeness (QED) is 0.884. The van der Waals surface area contributed by atoms with Crippen molar-refractivity contribution in [3.63, 3.8) is 0 Å². The lowest BCUT2D eigenvalue weighted by atomic mass is 10.2. The maximum absolute atomic E-state index is 5.15. The van der Waals surface area contributed by atoms with Gasteiger partial charge in [0.25, 0.3) is 0 Å². The summed E-state index contributed by atoms with van der Waals surface area (Å²) in [5.41, 5.74) is 2.36. The third-order valence-electron chi connectivity index (χ3n) is 3.23. The van der Waals surface area contributed by atoms with Crippen LogP contribution in [0, 0.1) is 6.92 Å². The minimum atomic E-state index is 0.397. The van der Waals surface area contributed by atoms with E-state index in [4.69, 9.17) is 4.74 Å². The maximum Gasteiger partial charge on any atom is 0.158 e. The second-order valence-electron chi connectivity index (χ2n) is 4.79. The third kappa shape index (κ3) is 3.70. The lowest BCUT2D eigenvalue weighted by Crippen LogP contribution is -2.19. The average Bonchev–Trinajstić information content (AvgIpc) is 2.50. The van der Waals surface area contributed by atoms with Crippen molar-refractivity contribution in [3.05, 3.63) is 41.7 Å². The zero-order valence-electron chi connectivity index (χ0n) is 13.1. The van der Waals surface area contributed by atoms with E-state index in [9.17, 15) is 0 Å². The molecule has 2 aromatic rings. The van der Waals surface area contributed by atoms with Crippen molar-refractivity contribution in [2.45, 2.75) is 20.5 Å². The molecule has 1 N–H and O–H groups in total. The second kappa shape index (κ2) is 7.04. The fourth-order valence-corrected chi connectivity index (χ4v) is 2.14. The van der Waals surface area contributed by atoms with Crippen LogP contribution in [0.1, 0.15) is 18.3 Å². The van der Waals surface area contributed by atoms with Gasteiger partial charge in [-0.15, -0.1) is 0 Å². The van der Waals surface area contributed by atoms with Crippen molar-refractivity contribution in [3.8, 4) is 0 Å². The minimum absolute atomic E-state index is 0.397. The Morgan fingerprint density at radius 1 is 1.19 bits per heavy atom. The van der Waals surface area contributed by atoms with E-state index in [1.165, 1.54) is 5.56 Å². The van der Waals surface area contributed by atoms with E-state index in [0.717, 1.165) is 23.9 Å².